The number of benzene rings is 2. The first kappa shape index (κ1) is 35.5. The van der Waals surface area contributed by atoms with E-state index >= 15 is 0 Å². The fraction of sp³-hybridized carbons (Fsp3) is 0.111. The van der Waals surface area contributed by atoms with Gasteiger partial charge in [-0.15, -0.1) is 0 Å². The van der Waals surface area contributed by atoms with Crippen LogP contribution in [0.1, 0.15) is 31.8 Å². The molecule has 2 heterocycles. The molecule has 0 atom stereocenters. The molecule has 6 rings (SSSR count). The molecule has 2 aliphatic carbocycles. The van der Waals surface area contributed by atoms with Gasteiger partial charge < -0.3 is 0 Å². The number of rotatable bonds is 6. The fourth-order valence-corrected chi connectivity index (χ4v) is 4.91. The number of hydrogen-bond acceptors (Lipinski definition) is 6. The van der Waals surface area contributed by atoms with Crippen LogP contribution in [0.5, 0.6) is 0 Å². The summed E-state index contributed by atoms with van der Waals surface area (Å²) in [7, 11) is 0. The molecular formula is C36H30FeN4O6+2. The van der Waals surface area contributed by atoms with E-state index in [1.54, 1.807) is 74.5 Å². The number of carbonyl (C=O) groups excluding carboxylic acids is 2. The molecular weight excluding hydrogens is 640 g/mol. The van der Waals surface area contributed by atoms with E-state index in [1.807, 2.05) is 51.4 Å². The Morgan fingerprint density at radius 2 is 0.851 bits per heavy atom. The first-order valence-corrected chi connectivity index (χ1v) is 14.4. The van der Waals surface area contributed by atoms with Gasteiger partial charge in [-0.3, -0.25) is 28.3 Å². The van der Waals surface area contributed by atoms with Crippen molar-refractivity contribution < 1.29 is 26.7 Å². The number of aryl methyl sites for hydroxylation is 2. The molecule has 0 unspecified atom stereocenters. The van der Waals surface area contributed by atoms with E-state index in [9.17, 15) is 28.8 Å². The van der Waals surface area contributed by atoms with Crippen molar-refractivity contribution in [3.63, 3.8) is 0 Å². The standard InChI is InChI=1S/2C18H15N2O3.Fe/c2*1-13-11-19(12-14-7-5-6-8-14)18(23)20(16(13)21)17(22)15-9-3-2-4-10-15;/h2*2-11H,12H2,1H3;/q;;+2. The summed E-state index contributed by atoms with van der Waals surface area (Å²) in [6.07, 6.45) is 18.0. The van der Waals surface area contributed by atoms with E-state index in [1.165, 1.54) is 21.5 Å². The fourth-order valence-electron chi connectivity index (χ4n) is 4.91. The summed E-state index contributed by atoms with van der Waals surface area (Å²) in [5.41, 5.74) is -1.12. The van der Waals surface area contributed by atoms with E-state index in [0.29, 0.717) is 44.5 Å². The Balaban J connectivity index is 0.000000208. The van der Waals surface area contributed by atoms with E-state index in [2.05, 4.69) is 0 Å². The van der Waals surface area contributed by atoms with Gasteiger partial charge in [0.1, 0.15) is 0 Å². The van der Waals surface area contributed by atoms with E-state index in [0.717, 1.165) is 11.8 Å². The minimum Gasteiger partial charge on any atom is -0.299 e. The molecule has 0 aliphatic heterocycles. The van der Waals surface area contributed by atoms with E-state index < -0.39 is 34.3 Å². The van der Waals surface area contributed by atoms with Crippen LogP contribution in [0, 0.1) is 77.0 Å². The van der Waals surface area contributed by atoms with Crippen LogP contribution >= 0.6 is 0 Å². The summed E-state index contributed by atoms with van der Waals surface area (Å²) in [6, 6.07) is 16.6. The molecule has 0 bridgehead atoms. The third kappa shape index (κ3) is 8.15. The zero-order valence-corrected chi connectivity index (χ0v) is 26.7. The second kappa shape index (κ2) is 16.0. The molecule has 0 amide bonds. The molecule has 236 valence electrons. The van der Waals surface area contributed by atoms with Gasteiger partial charge in [0.05, 0.1) is 0 Å². The number of aromatic nitrogens is 4. The Morgan fingerprint density at radius 3 is 1.17 bits per heavy atom. The van der Waals surface area contributed by atoms with Crippen molar-refractivity contribution in [1.82, 2.24) is 18.3 Å². The van der Waals surface area contributed by atoms with Crippen LogP contribution in [-0.4, -0.2) is 30.1 Å². The Labute approximate surface area is 283 Å². The second-order valence-corrected chi connectivity index (χ2v) is 10.7. The number of hydrogen-bond donors (Lipinski definition) is 0. The van der Waals surface area contributed by atoms with Crippen LogP contribution in [0.25, 0.3) is 0 Å². The third-order valence-corrected chi connectivity index (χ3v) is 7.27. The van der Waals surface area contributed by atoms with Crippen molar-refractivity contribution in [3.8, 4) is 0 Å². The molecule has 2 aromatic heterocycles. The van der Waals surface area contributed by atoms with E-state index in [4.69, 9.17) is 0 Å². The largest absolute Gasteiger partial charge is 2.00 e. The predicted octanol–water partition coefficient (Wildman–Crippen LogP) is 2.82. The zero-order valence-electron chi connectivity index (χ0n) is 25.6. The quantitative estimate of drug-likeness (QED) is 0.291. The maximum absolute atomic E-state index is 12.6. The molecule has 10 radical (unpaired) electrons. The maximum Gasteiger partial charge on any atom is 2.00 e. The number of nitrogens with zero attached hydrogens (tertiary/aromatic N) is 4. The molecule has 2 fully saturated rings. The van der Waals surface area contributed by atoms with Gasteiger partial charge in [0.2, 0.25) is 0 Å². The molecule has 10 nitrogen and oxygen atoms in total. The minimum atomic E-state index is -0.629. The van der Waals surface area contributed by atoms with Crippen molar-refractivity contribution in [2.24, 2.45) is 0 Å². The summed E-state index contributed by atoms with van der Waals surface area (Å²) in [5, 5.41) is 0. The number of carbonyl (C=O) groups is 2. The van der Waals surface area contributed by atoms with Crippen molar-refractivity contribution >= 4 is 11.8 Å². The van der Waals surface area contributed by atoms with Gasteiger partial charge >= 0.3 is 28.4 Å². The van der Waals surface area contributed by atoms with Crippen molar-refractivity contribution in [1.29, 1.82) is 0 Å². The Kier molecular flexibility index (Phi) is 12.1. The van der Waals surface area contributed by atoms with Crippen LogP contribution in [0.15, 0.2) is 92.2 Å². The van der Waals surface area contributed by atoms with Gasteiger partial charge in [0.25, 0.3) is 22.9 Å². The average molecular weight is 671 g/mol. The van der Waals surface area contributed by atoms with Gasteiger partial charge in [-0.25, -0.2) is 9.59 Å². The molecule has 0 N–H and O–H groups in total. The first-order valence-electron chi connectivity index (χ1n) is 14.4. The van der Waals surface area contributed by atoms with Crippen molar-refractivity contribution in [2.45, 2.75) is 26.9 Å². The molecule has 2 saturated carbocycles. The molecule has 2 aromatic carbocycles. The molecule has 0 spiro atoms. The normalized spacial score (nSPS) is 14.7. The monoisotopic (exact) mass is 670 g/mol. The van der Waals surface area contributed by atoms with Gasteiger partial charge in [-0.1, -0.05) is 36.4 Å². The van der Waals surface area contributed by atoms with E-state index in [-0.39, 0.29) is 17.1 Å². The molecule has 0 saturated heterocycles. The third-order valence-electron chi connectivity index (χ3n) is 7.27. The maximum atomic E-state index is 12.6. The summed E-state index contributed by atoms with van der Waals surface area (Å²) in [6.45, 7) is 3.82. The van der Waals surface area contributed by atoms with Gasteiger partial charge in [-0.05, 0) is 89.5 Å². The molecule has 2 aliphatic rings. The SMILES string of the molecule is Cc1cn(C[C]2[CH][CH][CH][CH]2)c(=O)n(C(=O)c2ccccc2)c1=O.Cc1cn(C[C]2[CH][CH][CH][CH]2)c(=O)n(C(=O)c2ccccc2)c1=O.[Fe+2]. The predicted molar refractivity (Wildman–Crippen MR) is 173 cm³/mol. The summed E-state index contributed by atoms with van der Waals surface area (Å²) in [5.74, 6) is 0.647. The smallest absolute Gasteiger partial charge is 0.299 e. The molecule has 4 aromatic rings. The first-order chi connectivity index (χ1) is 22.2. The van der Waals surface area contributed by atoms with Crippen molar-refractivity contribution in [3.05, 3.63) is 200 Å². The van der Waals surface area contributed by atoms with Gasteiger partial charge in [0, 0.05) is 59.6 Å². The molecule has 47 heavy (non-hydrogen) atoms. The average Bonchev–Trinajstić information content (AvgIpc) is 3.78. The van der Waals surface area contributed by atoms with Crippen LogP contribution in [0.4, 0.5) is 0 Å². The minimum absolute atomic E-state index is 0. The summed E-state index contributed by atoms with van der Waals surface area (Å²) in [4.78, 5) is 74.8. The van der Waals surface area contributed by atoms with Gasteiger partial charge in [-0.2, -0.15) is 9.13 Å². The zero-order chi connectivity index (χ0) is 32.8. The van der Waals surface area contributed by atoms with Crippen LogP contribution in [0.3, 0.4) is 0 Å². The van der Waals surface area contributed by atoms with Crippen LogP contribution < -0.4 is 22.5 Å². The summed E-state index contributed by atoms with van der Waals surface area (Å²) >= 11 is 0. The topological polar surface area (TPSA) is 122 Å². The Bertz CT molecular complexity index is 1810. The second-order valence-electron chi connectivity index (χ2n) is 10.7. The Hall–Kier alpha value is -4.34. The van der Waals surface area contributed by atoms with Crippen LogP contribution in [-0.2, 0) is 30.2 Å². The Morgan fingerprint density at radius 1 is 0.532 bits per heavy atom. The molecule has 11 heteroatoms. The van der Waals surface area contributed by atoms with Gasteiger partial charge in [0.15, 0.2) is 0 Å². The van der Waals surface area contributed by atoms with Crippen LogP contribution in [0.2, 0.25) is 0 Å². The van der Waals surface area contributed by atoms with Crippen molar-refractivity contribution in [2.75, 3.05) is 0 Å². The summed E-state index contributed by atoms with van der Waals surface area (Å²) < 4.78 is 4.17.